The molecule has 1 atom stereocenters. The third kappa shape index (κ3) is 1.76. The van der Waals surface area contributed by atoms with Gasteiger partial charge in [-0.3, -0.25) is 9.69 Å². The number of piperazine rings is 1. The first-order valence-corrected chi connectivity index (χ1v) is 5.87. The number of hydrogen-bond acceptors (Lipinski definition) is 6. The molecule has 2 aliphatic rings. The van der Waals surface area contributed by atoms with Crippen LogP contribution in [-0.4, -0.2) is 58.2 Å². The minimum atomic E-state index is -0.171. The summed E-state index contributed by atoms with van der Waals surface area (Å²) < 4.78 is 4.46. The molecule has 17 heavy (non-hydrogen) atoms. The van der Waals surface area contributed by atoms with Gasteiger partial charge in [0.2, 0.25) is 11.5 Å². The second kappa shape index (κ2) is 3.99. The molecular formula is C10H15N5O2. The summed E-state index contributed by atoms with van der Waals surface area (Å²) in [5, 5.41) is 6.99. The van der Waals surface area contributed by atoms with Crippen molar-refractivity contribution in [3.63, 3.8) is 0 Å². The SMILES string of the molecule is Nc1nonc1C(=O)N1CCN2CCCC2C1. The van der Waals surface area contributed by atoms with Gasteiger partial charge in [-0.2, -0.15) is 0 Å². The number of carbonyl (C=O) groups is 1. The summed E-state index contributed by atoms with van der Waals surface area (Å²) >= 11 is 0. The first kappa shape index (κ1) is 10.5. The van der Waals surface area contributed by atoms with Crippen LogP contribution in [0.2, 0.25) is 0 Å². The van der Waals surface area contributed by atoms with E-state index in [1.807, 2.05) is 0 Å². The van der Waals surface area contributed by atoms with Crippen LogP contribution in [0.3, 0.4) is 0 Å². The Morgan fingerprint density at radius 2 is 2.24 bits per heavy atom. The van der Waals surface area contributed by atoms with E-state index in [1.165, 1.54) is 6.42 Å². The van der Waals surface area contributed by atoms with Gasteiger partial charge in [0, 0.05) is 25.7 Å². The fourth-order valence-electron chi connectivity index (χ4n) is 2.67. The normalized spacial score (nSPS) is 24.9. The maximum atomic E-state index is 12.1. The highest BCUT2D eigenvalue weighted by atomic mass is 16.6. The first-order chi connectivity index (χ1) is 8.25. The topological polar surface area (TPSA) is 88.5 Å². The van der Waals surface area contributed by atoms with Gasteiger partial charge in [-0.1, -0.05) is 0 Å². The third-order valence-electron chi connectivity index (χ3n) is 3.59. The number of rotatable bonds is 1. The van der Waals surface area contributed by atoms with Crippen molar-refractivity contribution in [3.8, 4) is 0 Å². The van der Waals surface area contributed by atoms with Crippen LogP contribution in [0.25, 0.3) is 0 Å². The number of nitrogen functional groups attached to an aromatic ring is 1. The lowest BCUT2D eigenvalue weighted by Gasteiger charge is -2.37. The lowest BCUT2D eigenvalue weighted by molar-refractivity contribution is 0.0562. The van der Waals surface area contributed by atoms with Crippen molar-refractivity contribution < 1.29 is 9.42 Å². The Hall–Kier alpha value is -1.63. The maximum absolute atomic E-state index is 12.1. The highest BCUT2D eigenvalue weighted by molar-refractivity contribution is 5.96. The van der Waals surface area contributed by atoms with Gasteiger partial charge < -0.3 is 10.6 Å². The third-order valence-corrected chi connectivity index (χ3v) is 3.59. The number of hydrogen-bond donors (Lipinski definition) is 1. The maximum Gasteiger partial charge on any atom is 0.280 e. The molecule has 2 aliphatic heterocycles. The molecular weight excluding hydrogens is 222 g/mol. The lowest BCUT2D eigenvalue weighted by atomic mass is 10.1. The van der Waals surface area contributed by atoms with E-state index in [2.05, 4.69) is 19.8 Å². The number of fused-ring (bicyclic) bond motifs is 1. The molecule has 3 heterocycles. The molecule has 0 aromatic carbocycles. The zero-order valence-electron chi connectivity index (χ0n) is 9.50. The number of nitrogens with zero attached hydrogens (tertiary/aromatic N) is 4. The standard InChI is InChI=1S/C10H15N5O2/c11-9-8(12-17-13-9)10(16)15-5-4-14-3-1-2-7(14)6-15/h7H,1-6H2,(H2,11,13). The molecule has 2 N–H and O–H groups in total. The molecule has 2 saturated heterocycles. The van der Waals surface area contributed by atoms with Crippen LogP contribution in [0, 0.1) is 0 Å². The van der Waals surface area contributed by atoms with Crippen LogP contribution in [0.1, 0.15) is 23.3 Å². The van der Waals surface area contributed by atoms with E-state index in [1.54, 1.807) is 4.90 Å². The molecule has 0 radical (unpaired) electrons. The Kier molecular flexibility index (Phi) is 2.47. The van der Waals surface area contributed by atoms with Crippen molar-refractivity contribution in [2.24, 2.45) is 0 Å². The summed E-state index contributed by atoms with van der Waals surface area (Å²) in [6, 6.07) is 0.494. The number of anilines is 1. The number of amides is 1. The van der Waals surface area contributed by atoms with E-state index in [0.717, 1.165) is 32.6 Å². The van der Waals surface area contributed by atoms with Gasteiger partial charge in [0.25, 0.3) is 5.91 Å². The molecule has 7 nitrogen and oxygen atoms in total. The summed E-state index contributed by atoms with van der Waals surface area (Å²) in [6.45, 7) is 3.56. The molecule has 1 unspecified atom stereocenters. The van der Waals surface area contributed by atoms with Crippen LogP contribution < -0.4 is 5.73 Å². The second-order valence-corrected chi connectivity index (χ2v) is 4.58. The fraction of sp³-hybridized carbons (Fsp3) is 0.700. The number of carbonyl (C=O) groups excluding carboxylic acids is 1. The Balaban J connectivity index is 1.73. The van der Waals surface area contributed by atoms with E-state index in [0.29, 0.717) is 6.04 Å². The minimum Gasteiger partial charge on any atom is -0.379 e. The zero-order chi connectivity index (χ0) is 11.8. The van der Waals surface area contributed by atoms with Crippen molar-refractivity contribution in [2.45, 2.75) is 18.9 Å². The summed E-state index contributed by atoms with van der Waals surface area (Å²) in [5.74, 6) is -0.0980. The Labute approximate surface area is 98.5 Å². The van der Waals surface area contributed by atoms with Gasteiger partial charge in [-0.25, -0.2) is 4.63 Å². The van der Waals surface area contributed by atoms with Crippen LogP contribution in [0.4, 0.5) is 5.82 Å². The smallest absolute Gasteiger partial charge is 0.280 e. The molecule has 1 aromatic heterocycles. The van der Waals surface area contributed by atoms with Gasteiger partial charge >= 0.3 is 0 Å². The molecule has 7 heteroatoms. The van der Waals surface area contributed by atoms with E-state index in [-0.39, 0.29) is 17.4 Å². The van der Waals surface area contributed by atoms with Crippen LogP contribution in [0.5, 0.6) is 0 Å². The largest absolute Gasteiger partial charge is 0.379 e. The summed E-state index contributed by atoms with van der Waals surface area (Å²) in [4.78, 5) is 16.4. The highest BCUT2D eigenvalue weighted by Gasteiger charge is 2.34. The van der Waals surface area contributed by atoms with Crippen molar-refractivity contribution >= 4 is 11.7 Å². The highest BCUT2D eigenvalue weighted by Crippen LogP contribution is 2.22. The number of nitrogens with two attached hydrogens (primary N) is 1. The molecule has 2 fully saturated rings. The van der Waals surface area contributed by atoms with Crippen molar-refractivity contribution in [1.82, 2.24) is 20.1 Å². The van der Waals surface area contributed by atoms with E-state index in [4.69, 9.17) is 5.73 Å². The predicted molar refractivity (Wildman–Crippen MR) is 59.2 cm³/mol. The van der Waals surface area contributed by atoms with Gasteiger partial charge in [0.05, 0.1) is 0 Å². The molecule has 0 aliphatic carbocycles. The number of aromatic nitrogens is 2. The molecule has 0 saturated carbocycles. The summed E-state index contributed by atoms with van der Waals surface area (Å²) in [6.07, 6.45) is 2.39. The average molecular weight is 237 g/mol. The molecule has 1 amide bonds. The van der Waals surface area contributed by atoms with E-state index >= 15 is 0 Å². The van der Waals surface area contributed by atoms with Crippen LogP contribution >= 0.6 is 0 Å². The van der Waals surface area contributed by atoms with Crippen LogP contribution in [0.15, 0.2) is 4.63 Å². The monoisotopic (exact) mass is 237 g/mol. The summed E-state index contributed by atoms with van der Waals surface area (Å²) in [7, 11) is 0. The minimum absolute atomic E-state index is 0.0730. The molecule has 3 rings (SSSR count). The van der Waals surface area contributed by atoms with Crippen LogP contribution in [-0.2, 0) is 0 Å². The Bertz CT molecular complexity index is 432. The van der Waals surface area contributed by atoms with E-state index < -0.39 is 0 Å². The summed E-state index contributed by atoms with van der Waals surface area (Å²) in [5.41, 5.74) is 5.67. The van der Waals surface area contributed by atoms with Gasteiger partial charge in [0.15, 0.2) is 0 Å². The fourth-order valence-corrected chi connectivity index (χ4v) is 2.67. The quantitative estimate of drug-likeness (QED) is 0.713. The predicted octanol–water partition coefficient (Wildman–Crippen LogP) is -0.428. The Morgan fingerprint density at radius 1 is 1.35 bits per heavy atom. The Morgan fingerprint density at radius 3 is 3.00 bits per heavy atom. The van der Waals surface area contributed by atoms with Crippen molar-refractivity contribution in [2.75, 3.05) is 31.9 Å². The second-order valence-electron chi connectivity index (χ2n) is 4.58. The van der Waals surface area contributed by atoms with Gasteiger partial charge in [0.1, 0.15) is 0 Å². The van der Waals surface area contributed by atoms with Gasteiger partial charge in [-0.05, 0) is 29.7 Å². The molecule has 92 valence electrons. The van der Waals surface area contributed by atoms with Crippen molar-refractivity contribution in [3.05, 3.63) is 5.69 Å². The molecule has 1 aromatic rings. The molecule has 0 spiro atoms. The lowest BCUT2D eigenvalue weighted by Crippen LogP contribution is -2.52. The zero-order valence-corrected chi connectivity index (χ0v) is 9.50. The first-order valence-electron chi connectivity index (χ1n) is 5.87. The average Bonchev–Trinajstić information content (AvgIpc) is 2.95. The van der Waals surface area contributed by atoms with Gasteiger partial charge in [-0.15, -0.1) is 0 Å². The molecule has 0 bridgehead atoms. The van der Waals surface area contributed by atoms with Crippen molar-refractivity contribution in [1.29, 1.82) is 0 Å². The van der Waals surface area contributed by atoms with E-state index in [9.17, 15) is 4.79 Å².